The summed E-state index contributed by atoms with van der Waals surface area (Å²) in [5.74, 6) is 0.361. The molecular formula is C17H19ClO. The average Bonchev–Trinajstić information content (AvgIpc) is 2.39. The number of aliphatic hydroxyl groups excluding tert-OH is 1. The maximum absolute atomic E-state index is 9.44. The van der Waals surface area contributed by atoms with Gasteiger partial charge in [0.05, 0.1) is 6.10 Å². The van der Waals surface area contributed by atoms with Crippen LogP contribution in [0.1, 0.15) is 31.7 Å². The molecule has 0 saturated carbocycles. The van der Waals surface area contributed by atoms with Gasteiger partial charge >= 0.3 is 0 Å². The highest BCUT2D eigenvalue weighted by atomic mass is 35.5. The summed E-state index contributed by atoms with van der Waals surface area (Å²) >= 11 is 6.20. The molecule has 2 aromatic carbocycles. The molecule has 100 valence electrons. The molecule has 1 N–H and O–H groups in total. The highest BCUT2D eigenvalue weighted by molar-refractivity contribution is 6.33. The van der Waals surface area contributed by atoms with Gasteiger partial charge in [-0.3, -0.25) is 0 Å². The lowest BCUT2D eigenvalue weighted by atomic mass is 9.93. The van der Waals surface area contributed by atoms with E-state index in [-0.39, 0.29) is 6.10 Å². The summed E-state index contributed by atoms with van der Waals surface area (Å²) < 4.78 is 0. The molecule has 0 aliphatic carbocycles. The molecule has 1 nitrogen and oxygen atoms in total. The van der Waals surface area contributed by atoms with Crippen LogP contribution < -0.4 is 0 Å². The summed E-state index contributed by atoms with van der Waals surface area (Å²) in [4.78, 5) is 0. The lowest BCUT2D eigenvalue weighted by molar-refractivity contribution is 0.176. The predicted octanol–water partition coefficient (Wildman–Crippen LogP) is 4.88. The summed E-state index contributed by atoms with van der Waals surface area (Å²) in [5.41, 5.74) is 3.43. The van der Waals surface area contributed by atoms with Gasteiger partial charge in [-0.1, -0.05) is 61.0 Å². The highest BCUT2D eigenvalue weighted by Crippen LogP contribution is 2.29. The number of hydrogen-bond acceptors (Lipinski definition) is 1. The van der Waals surface area contributed by atoms with Crippen LogP contribution in [0.2, 0.25) is 5.02 Å². The maximum atomic E-state index is 9.44. The molecule has 2 rings (SSSR count). The van der Waals surface area contributed by atoms with Crippen LogP contribution >= 0.6 is 11.6 Å². The topological polar surface area (TPSA) is 20.2 Å². The third kappa shape index (κ3) is 3.59. The first-order chi connectivity index (χ1) is 9.08. The molecule has 0 aromatic heterocycles. The van der Waals surface area contributed by atoms with E-state index < -0.39 is 0 Å². The van der Waals surface area contributed by atoms with Gasteiger partial charge in [-0.2, -0.15) is 0 Å². The number of benzene rings is 2. The predicted molar refractivity (Wildman–Crippen MR) is 81.6 cm³/mol. The van der Waals surface area contributed by atoms with E-state index in [1.54, 1.807) is 0 Å². The van der Waals surface area contributed by atoms with Gasteiger partial charge in [-0.05, 0) is 36.5 Å². The minimum absolute atomic E-state index is 0.266. The number of hydrogen-bond donors (Lipinski definition) is 1. The number of rotatable bonds is 4. The fourth-order valence-corrected chi connectivity index (χ4v) is 2.58. The average molecular weight is 275 g/mol. The highest BCUT2D eigenvalue weighted by Gasteiger charge is 2.09. The van der Waals surface area contributed by atoms with E-state index >= 15 is 0 Å². The summed E-state index contributed by atoms with van der Waals surface area (Å²) in [6.07, 6.45) is 0.518. The van der Waals surface area contributed by atoms with Crippen LogP contribution in [0.5, 0.6) is 0 Å². The monoisotopic (exact) mass is 274 g/mol. The zero-order valence-corrected chi connectivity index (χ0v) is 12.1. The van der Waals surface area contributed by atoms with E-state index in [0.717, 1.165) is 22.6 Å². The fraction of sp³-hybridized carbons (Fsp3) is 0.294. The van der Waals surface area contributed by atoms with Gasteiger partial charge in [0, 0.05) is 10.6 Å². The Balaban J connectivity index is 2.21. The van der Waals surface area contributed by atoms with Gasteiger partial charge in [0.15, 0.2) is 0 Å². The zero-order valence-electron chi connectivity index (χ0n) is 11.3. The lowest BCUT2D eigenvalue weighted by Crippen LogP contribution is -2.05. The summed E-state index contributed by atoms with van der Waals surface area (Å²) in [7, 11) is 0. The SMILES string of the molecule is CC(O)CC(C)c1ccc(-c2ccccc2Cl)cc1. The van der Waals surface area contributed by atoms with E-state index in [2.05, 4.69) is 31.2 Å². The van der Waals surface area contributed by atoms with E-state index in [1.165, 1.54) is 5.56 Å². The first kappa shape index (κ1) is 14.1. The van der Waals surface area contributed by atoms with Crippen LogP contribution in [0.25, 0.3) is 11.1 Å². The molecule has 0 spiro atoms. The van der Waals surface area contributed by atoms with Crippen molar-refractivity contribution in [3.63, 3.8) is 0 Å². The Hall–Kier alpha value is -1.31. The molecule has 0 saturated heterocycles. The fourth-order valence-electron chi connectivity index (χ4n) is 2.33. The second kappa shape index (κ2) is 6.23. The standard InChI is InChI=1S/C17H19ClO/c1-12(11-13(2)19)14-7-9-15(10-8-14)16-5-3-4-6-17(16)18/h3-10,12-13,19H,11H2,1-2H3. The Morgan fingerprint density at radius 1 is 1.00 bits per heavy atom. The van der Waals surface area contributed by atoms with Crippen molar-refractivity contribution < 1.29 is 5.11 Å². The molecule has 0 aliphatic heterocycles. The normalized spacial score (nSPS) is 14.1. The molecule has 2 heteroatoms. The maximum Gasteiger partial charge on any atom is 0.0517 e. The van der Waals surface area contributed by atoms with Gasteiger partial charge in [0.25, 0.3) is 0 Å². The molecule has 2 atom stereocenters. The molecule has 0 heterocycles. The van der Waals surface area contributed by atoms with Crippen LogP contribution in [0.15, 0.2) is 48.5 Å². The first-order valence-electron chi connectivity index (χ1n) is 6.61. The van der Waals surface area contributed by atoms with Gasteiger partial charge in [-0.25, -0.2) is 0 Å². The van der Waals surface area contributed by atoms with Crippen LogP contribution in [-0.2, 0) is 0 Å². The molecule has 0 aliphatic rings. The lowest BCUT2D eigenvalue weighted by Gasteiger charge is -2.14. The Bertz CT molecular complexity index is 531. The molecule has 0 fully saturated rings. The van der Waals surface area contributed by atoms with Crippen molar-refractivity contribution in [2.75, 3.05) is 0 Å². The van der Waals surface area contributed by atoms with Gasteiger partial charge in [-0.15, -0.1) is 0 Å². The van der Waals surface area contributed by atoms with Crippen molar-refractivity contribution in [1.29, 1.82) is 0 Å². The van der Waals surface area contributed by atoms with E-state index in [4.69, 9.17) is 11.6 Å². The quantitative estimate of drug-likeness (QED) is 0.842. The Morgan fingerprint density at radius 3 is 2.21 bits per heavy atom. The third-order valence-corrected chi connectivity index (χ3v) is 3.69. The molecule has 2 unspecified atom stereocenters. The van der Waals surface area contributed by atoms with Crippen molar-refractivity contribution in [2.24, 2.45) is 0 Å². The van der Waals surface area contributed by atoms with Crippen molar-refractivity contribution in [3.8, 4) is 11.1 Å². The second-order valence-electron chi connectivity index (χ2n) is 5.09. The number of aliphatic hydroxyl groups is 1. The molecule has 0 bridgehead atoms. The second-order valence-corrected chi connectivity index (χ2v) is 5.49. The Labute approximate surface area is 119 Å². The summed E-state index contributed by atoms with van der Waals surface area (Å²) in [6, 6.07) is 16.3. The van der Waals surface area contributed by atoms with Crippen LogP contribution in [-0.4, -0.2) is 11.2 Å². The van der Waals surface area contributed by atoms with E-state index in [0.29, 0.717) is 5.92 Å². The minimum Gasteiger partial charge on any atom is -0.393 e. The van der Waals surface area contributed by atoms with Crippen LogP contribution in [0.4, 0.5) is 0 Å². The summed E-state index contributed by atoms with van der Waals surface area (Å²) in [5, 5.41) is 10.2. The van der Waals surface area contributed by atoms with Crippen LogP contribution in [0, 0.1) is 0 Å². The van der Waals surface area contributed by atoms with Crippen molar-refractivity contribution in [1.82, 2.24) is 0 Å². The molecule has 19 heavy (non-hydrogen) atoms. The Kier molecular flexibility index (Phi) is 4.62. The third-order valence-electron chi connectivity index (χ3n) is 3.36. The van der Waals surface area contributed by atoms with E-state index in [1.807, 2.05) is 31.2 Å². The van der Waals surface area contributed by atoms with Crippen molar-refractivity contribution in [2.45, 2.75) is 32.3 Å². The first-order valence-corrected chi connectivity index (χ1v) is 6.98. The van der Waals surface area contributed by atoms with Gasteiger partial charge in [0.2, 0.25) is 0 Å². The van der Waals surface area contributed by atoms with Crippen molar-refractivity contribution >= 4 is 11.6 Å². The van der Waals surface area contributed by atoms with Gasteiger partial charge < -0.3 is 5.11 Å². The van der Waals surface area contributed by atoms with E-state index in [9.17, 15) is 5.11 Å². The van der Waals surface area contributed by atoms with Gasteiger partial charge in [0.1, 0.15) is 0 Å². The van der Waals surface area contributed by atoms with Crippen molar-refractivity contribution in [3.05, 3.63) is 59.1 Å². The summed E-state index contributed by atoms with van der Waals surface area (Å²) in [6.45, 7) is 3.96. The molecule has 0 amide bonds. The molecule has 0 radical (unpaired) electrons. The minimum atomic E-state index is -0.266. The number of halogens is 1. The molecular weight excluding hydrogens is 256 g/mol. The largest absolute Gasteiger partial charge is 0.393 e. The molecule has 2 aromatic rings. The zero-order chi connectivity index (χ0) is 13.8. The smallest absolute Gasteiger partial charge is 0.0517 e. The Morgan fingerprint density at radius 2 is 1.63 bits per heavy atom. The van der Waals surface area contributed by atoms with Crippen LogP contribution in [0.3, 0.4) is 0 Å².